The number of nitrogens with one attached hydrogen (secondary N) is 1. The Morgan fingerprint density at radius 2 is 1.73 bits per heavy atom. The van der Waals surface area contributed by atoms with E-state index in [1.165, 1.54) is 6.42 Å². The van der Waals surface area contributed by atoms with E-state index in [4.69, 9.17) is 4.74 Å². The molecule has 0 bridgehead atoms. The summed E-state index contributed by atoms with van der Waals surface area (Å²) < 4.78 is 5.39. The lowest BCUT2D eigenvalue weighted by Gasteiger charge is -2.38. The van der Waals surface area contributed by atoms with E-state index in [2.05, 4.69) is 24.1 Å². The Balaban J connectivity index is 1.49. The van der Waals surface area contributed by atoms with Crippen LogP contribution in [0.2, 0.25) is 0 Å². The molecular weight excluding hydrogens is 380 g/mol. The van der Waals surface area contributed by atoms with Gasteiger partial charge in [0.15, 0.2) is 0 Å². The zero-order valence-corrected chi connectivity index (χ0v) is 18.8. The van der Waals surface area contributed by atoms with Crippen molar-refractivity contribution >= 4 is 23.2 Å². The predicted octanol–water partition coefficient (Wildman–Crippen LogP) is 2.29. The molecule has 2 aliphatic heterocycles. The van der Waals surface area contributed by atoms with Crippen LogP contribution in [-0.2, 0) is 14.3 Å². The molecule has 3 rings (SSSR count). The standard InChI is InChI=1S/C23H36N4O3/c1-17-13-18(2)15-27(14-17)23(29)19(3)25(4)16-22(28)24-20-5-7-21(8-6-20)26-9-11-30-12-10-26/h5-8,17-19H,9-16H2,1-4H3,(H,24,28)/t17-,18+,19-/m1/s1. The van der Waals surface area contributed by atoms with Gasteiger partial charge in [-0.3, -0.25) is 14.5 Å². The van der Waals surface area contributed by atoms with E-state index in [0.717, 1.165) is 50.8 Å². The fraction of sp³-hybridized carbons (Fsp3) is 0.652. The topological polar surface area (TPSA) is 65.1 Å². The maximum atomic E-state index is 12.9. The van der Waals surface area contributed by atoms with Crippen molar-refractivity contribution in [3.63, 3.8) is 0 Å². The van der Waals surface area contributed by atoms with Gasteiger partial charge in [0, 0.05) is 37.6 Å². The van der Waals surface area contributed by atoms with Gasteiger partial charge in [-0.1, -0.05) is 13.8 Å². The zero-order valence-electron chi connectivity index (χ0n) is 18.8. The summed E-state index contributed by atoms with van der Waals surface area (Å²) in [5.41, 5.74) is 1.90. The van der Waals surface area contributed by atoms with E-state index in [1.807, 2.05) is 48.0 Å². The van der Waals surface area contributed by atoms with Gasteiger partial charge in [-0.2, -0.15) is 0 Å². The molecule has 7 heteroatoms. The van der Waals surface area contributed by atoms with Crippen LogP contribution in [0, 0.1) is 11.8 Å². The third-order valence-corrected chi connectivity index (χ3v) is 6.12. The molecule has 2 heterocycles. The highest BCUT2D eigenvalue weighted by Crippen LogP contribution is 2.22. The summed E-state index contributed by atoms with van der Waals surface area (Å²) in [6.07, 6.45) is 1.17. The van der Waals surface area contributed by atoms with Crippen molar-refractivity contribution in [1.82, 2.24) is 9.80 Å². The molecule has 30 heavy (non-hydrogen) atoms. The van der Waals surface area contributed by atoms with E-state index < -0.39 is 0 Å². The Morgan fingerprint density at radius 3 is 2.33 bits per heavy atom. The summed E-state index contributed by atoms with van der Waals surface area (Å²) in [6, 6.07) is 7.57. The van der Waals surface area contributed by atoms with Crippen LogP contribution in [-0.4, -0.2) is 80.6 Å². The zero-order chi connectivity index (χ0) is 21.7. The number of likely N-dealkylation sites (tertiary alicyclic amines) is 1. The van der Waals surface area contributed by atoms with Crippen LogP contribution in [0.4, 0.5) is 11.4 Å². The minimum absolute atomic E-state index is 0.110. The summed E-state index contributed by atoms with van der Waals surface area (Å²) >= 11 is 0. The van der Waals surface area contributed by atoms with Crippen molar-refractivity contribution in [3.05, 3.63) is 24.3 Å². The number of carbonyl (C=O) groups is 2. The molecule has 2 aliphatic rings. The van der Waals surface area contributed by atoms with Gasteiger partial charge in [0.1, 0.15) is 0 Å². The minimum atomic E-state index is -0.322. The van der Waals surface area contributed by atoms with Crippen LogP contribution in [0.5, 0.6) is 0 Å². The molecule has 2 amide bonds. The second-order valence-corrected chi connectivity index (χ2v) is 8.97. The van der Waals surface area contributed by atoms with Crippen molar-refractivity contribution in [3.8, 4) is 0 Å². The van der Waals surface area contributed by atoms with Crippen LogP contribution >= 0.6 is 0 Å². The molecule has 0 aliphatic carbocycles. The molecule has 2 fully saturated rings. The third kappa shape index (κ3) is 5.95. The Hall–Kier alpha value is -2.12. The Bertz CT molecular complexity index is 708. The first-order valence-corrected chi connectivity index (χ1v) is 11.0. The number of likely N-dealkylation sites (N-methyl/N-ethyl adjacent to an activating group) is 1. The Morgan fingerprint density at radius 1 is 1.13 bits per heavy atom. The monoisotopic (exact) mass is 416 g/mol. The van der Waals surface area contributed by atoms with Crippen molar-refractivity contribution < 1.29 is 14.3 Å². The maximum absolute atomic E-state index is 12.9. The first kappa shape index (κ1) is 22.6. The quantitative estimate of drug-likeness (QED) is 0.771. The highest BCUT2D eigenvalue weighted by Gasteiger charge is 2.30. The maximum Gasteiger partial charge on any atom is 0.239 e. The second-order valence-electron chi connectivity index (χ2n) is 8.97. The van der Waals surface area contributed by atoms with Crippen LogP contribution < -0.4 is 10.2 Å². The fourth-order valence-corrected chi connectivity index (χ4v) is 4.44. The summed E-state index contributed by atoms with van der Waals surface area (Å²) in [7, 11) is 1.83. The van der Waals surface area contributed by atoms with Gasteiger partial charge in [-0.25, -0.2) is 0 Å². The Labute approximate surface area is 180 Å². The van der Waals surface area contributed by atoms with Crippen molar-refractivity contribution in [1.29, 1.82) is 0 Å². The normalized spacial score (nSPS) is 23.4. The summed E-state index contributed by atoms with van der Waals surface area (Å²) in [6.45, 7) is 11.3. The molecule has 166 valence electrons. The van der Waals surface area contributed by atoms with Gasteiger partial charge >= 0.3 is 0 Å². The summed E-state index contributed by atoms with van der Waals surface area (Å²) in [5, 5.41) is 2.94. The molecule has 3 atom stereocenters. The molecule has 2 saturated heterocycles. The smallest absolute Gasteiger partial charge is 0.239 e. The number of piperidine rings is 1. The molecule has 0 saturated carbocycles. The number of hydrogen-bond acceptors (Lipinski definition) is 5. The number of anilines is 2. The summed E-state index contributed by atoms with van der Waals surface area (Å²) in [5.74, 6) is 1.05. The van der Waals surface area contributed by atoms with Gasteiger partial charge < -0.3 is 19.9 Å². The number of rotatable bonds is 6. The average molecular weight is 417 g/mol. The van der Waals surface area contributed by atoms with Gasteiger partial charge in [0.2, 0.25) is 11.8 Å². The van der Waals surface area contributed by atoms with Crippen LogP contribution in [0.3, 0.4) is 0 Å². The van der Waals surface area contributed by atoms with Gasteiger partial charge in [0.05, 0.1) is 25.8 Å². The minimum Gasteiger partial charge on any atom is -0.378 e. The number of amides is 2. The molecule has 0 aromatic heterocycles. The van der Waals surface area contributed by atoms with Crippen LogP contribution in [0.15, 0.2) is 24.3 Å². The van der Waals surface area contributed by atoms with Crippen molar-refractivity contribution in [2.75, 3.05) is 63.2 Å². The second kappa shape index (κ2) is 10.3. The number of ether oxygens (including phenoxy) is 1. The first-order valence-electron chi connectivity index (χ1n) is 11.0. The van der Waals surface area contributed by atoms with Crippen LogP contribution in [0.25, 0.3) is 0 Å². The number of benzene rings is 1. The lowest BCUT2D eigenvalue weighted by Crippen LogP contribution is -2.51. The third-order valence-electron chi connectivity index (χ3n) is 6.12. The highest BCUT2D eigenvalue weighted by molar-refractivity contribution is 5.93. The van der Waals surface area contributed by atoms with Gasteiger partial charge in [-0.15, -0.1) is 0 Å². The molecular formula is C23H36N4O3. The van der Waals surface area contributed by atoms with E-state index in [9.17, 15) is 9.59 Å². The predicted molar refractivity (Wildman–Crippen MR) is 120 cm³/mol. The fourth-order valence-electron chi connectivity index (χ4n) is 4.44. The lowest BCUT2D eigenvalue weighted by atomic mass is 9.91. The number of hydrogen-bond donors (Lipinski definition) is 1. The highest BCUT2D eigenvalue weighted by atomic mass is 16.5. The molecule has 0 unspecified atom stereocenters. The summed E-state index contributed by atoms with van der Waals surface area (Å²) in [4.78, 5) is 31.5. The number of carbonyl (C=O) groups excluding carboxylic acids is 2. The molecule has 0 radical (unpaired) electrons. The van der Waals surface area contributed by atoms with Crippen molar-refractivity contribution in [2.45, 2.75) is 33.2 Å². The number of nitrogens with zero attached hydrogens (tertiary/aromatic N) is 3. The Kier molecular flexibility index (Phi) is 7.72. The van der Waals surface area contributed by atoms with E-state index in [1.54, 1.807) is 0 Å². The lowest BCUT2D eigenvalue weighted by molar-refractivity contribution is -0.139. The number of morpholine rings is 1. The molecule has 0 spiro atoms. The average Bonchev–Trinajstić information content (AvgIpc) is 2.73. The molecule has 7 nitrogen and oxygen atoms in total. The van der Waals surface area contributed by atoms with Gasteiger partial charge in [0.25, 0.3) is 0 Å². The van der Waals surface area contributed by atoms with Gasteiger partial charge in [-0.05, 0) is 56.5 Å². The molecule has 1 aromatic carbocycles. The largest absolute Gasteiger partial charge is 0.378 e. The van der Waals surface area contributed by atoms with E-state index in [0.29, 0.717) is 11.8 Å². The van der Waals surface area contributed by atoms with Crippen molar-refractivity contribution in [2.24, 2.45) is 11.8 Å². The van der Waals surface area contributed by atoms with E-state index in [-0.39, 0.29) is 24.4 Å². The van der Waals surface area contributed by atoms with E-state index >= 15 is 0 Å². The molecule has 1 N–H and O–H groups in total. The SMILES string of the molecule is C[C@@H]1C[C@H](C)CN(C(=O)[C@@H](C)N(C)CC(=O)Nc2ccc(N3CCOCC3)cc2)C1. The first-order chi connectivity index (χ1) is 14.3. The molecule has 1 aromatic rings. The van der Waals surface area contributed by atoms with Crippen LogP contribution in [0.1, 0.15) is 27.2 Å².